The van der Waals surface area contributed by atoms with Crippen LogP contribution < -0.4 is 5.32 Å². The van der Waals surface area contributed by atoms with Gasteiger partial charge in [0.1, 0.15) is 0 Å². The van der Waals surface area contributed by atoms with Crippen LogP contribution in [0, 0.1) is 11.8 Å². The molecule has 0 bridgehead atoms. The van der Waals surface area contributed by atoms with Gasteiger partial charge in [-0.05, 0) is 30.4 Å². The van der Waals surface area contributed by atoms with Gasteiger partial charge in [-0.25, -0.2) is 0 Å². The van der Waals surface area contributed by atoms with Gasteiger partial charge in [0.25, 0.3) is 0 Å². The van der Waals surface area contributed by atoms with Crippen molar-refractivity contribution in [2.24, 2.45) is 18.9 Å². The number of amides is 1. The molecule has 0 aromatic carbocycles. The molecule has 1 saturated carbocycles. The van der Waals surface area contributed by atoms with Crippen molar-refractivity contribution >= 4 is 17.7 Å². The average Bonchev–Trinajstić information content (AvgIpc) is 2.99. The topological polar surface area (TPSA) is 72.7 Å². The van der Waals surface area contributed by atoms with Crippen LogP contribution in [0.1, 0.15) is 33.1 Å². The molecule has 0 radical (unpaired) electrons. The molecule has 0 aliphatic heterocycles. The Morgan fingerprint density at radius 1 is 1.28 bits per heavy atom. The maximum atomic E-state index is 12.3. The van der Waals surface area contributed by atoms with E-state index < -0.39 is 0 Å². The van der Waals surface area contributed by atoms with Gasteiger partial charge in [-0.3, -0.25) is 9.78 Å². The lowest BCUT2D eigenvalue weighted by molar-refractivity contribution is -0.120. The van der Waals surface area contributed by atoms with Gasteiger partial charge in [0.2, 0.25) is 5.91 Å². The molecule has 1 N–H and O–H groups in total. The minimum absolute atomic E-state index is 0.0735. The number of aromatic nitrogens is 4. The fraction of sp³-hybridized carbons (Fsp3) is 0.556. The predicted molar refractivity (Wildman–Crippen MR) is 99.1 cm³/mol. The highest BCUT2D eigenvalue weighted by Crippen LogP contribution is 2.29. The van der Waals surface area contributed by atoms with Gasteiger partial charge in [0.05, 0.1) is 5.75 Å². The molecule has 7 heteroatoms. The zero-order chi connectivity index (χ0) is 17.8. The van der Waals surface area contributed by atoms with Gasteiger partial charge in [0.15, 0.2) is 11.0 Å². The van der Waals surface area contributed by atoms with Crippen molar-refractivity contribution < 1.29 is 4.79 Å². The highest BCUT2D eigenvalue weighted by molar-refractivity contribution is 7.99. The minimum atomic E-state index is 0.0735. The van der Waals surface area contributed by atoms with E-state index in [1.165, 1.54) is 24.6 Å². The molecule has 1 amide bonds. The second-order valence-corrected chi connectivity index (χ2v) is 7.77. The van der Waals surface area contributed by atoms with Crippen LogP contribution in [-0.2, 0) is 11.8 Å². The Kier molecular flexibility index (Phi) is 5.73. The van der Waals surface area contributed by atoms with Crippen molar-refractivity contribution in [1.29, 1.82) is 0 Å². The summed E-state index contributed by atoms with van der Waals surface area (Å²) in [7, 11) is 1.92. The first kappa shape index (κ1) is 17.9. The SMILES string of the molecule is C[C@@H]1[C@H](C)CCC[C@@H]1NC(=O)CSc1nnc(-c2ccncc2)n1C. The van der Waals surface area contributed by atoms with E-state index in [1.807, 2.05) is 23.7 Å². The molecule has 25 heavy (non-hydrogen) atoms. The number of rotatable bonds is 5. The van der Waals surface area contributed by atoms with Crippen LogP contribution in [0.3, 0.4) is 0 Å². The monoisotopic (exact) mass is 359 g/mol. The molecule has 3 atom stereocenters. The summed E-state index contributed by atoms with van der Waals surface area (Å²) < 4.78 is 1.92. The van der Waals surface area contributed by atoms with E-state index in [0.717, 1.165) is 23.0 Å². The van der Waals surface area contributed by atoms with Crippen LogP contribution in [-0.4, -0.2) is 37.5 Å². The molecule has 1 aliphatic rings. The summed E-state index contributed by atoms with van der Waals surface area (Å²) in [5.41, 5.74) is 0.964. The van der Waals surface area contributed by atoms with Crippen molar-refractivity contribution in [1.82, 2.24) is 25.1 Å². The first-order valence-corrected chi connectivity index (χ1v) is 9.76. The second-order valence-electron chi connectivity index (χ2n) is 6.83. The van der Waals surface area contributed by atoms with E-state index in [4.69, 9.17) is 0 Å². The number of carbonyl (C=O) groups excluding carboxylic acids is 1. The fourth-order valence-electron chi connectivity index (χ4n) is 3.36. The molecule has 0 saturated heterocycles. The van der Waals surface area contributed by atoms with E-state index in [0.29, 0.717) is 23.6 Å². The quantitative estimate of drug-likeness (QED) is 0.831. The zero-order valence-electron chi connectivity index (χ0n) is 15.0. The number of nitrogens with zero attached hydrogens (tertiary/aromatic N) is 4. The smallest absolute Gasteiger partial charge is 0.230 e. The molecule has 2 aromatic rings. The summed E-state index contributed by atoms with van der Waals surface area (Å²) in [6, 6.07) is 4.09. The van der Waals surface area contributed by atoms with Crippen LogP contribution in [0.25, 0.3) is 11.4 Å². The van der Waals surface area contributed by atoms with Crippen molar-refractivity contribution in [3.05, 3.63) is 24.5 Å². The van der Waals surface area contributed by atoms with Crippen LogP contribution >= 0.6 is 11.8 Å². The molecule has 1 aliphatic carbocycles. The summed E-state index contributed by atoms with van der Waals surface area (Å²) in [5, 5.41) is 12.4. The van der Waals surface area contributed by atoms with E-state index in [9.17, 15) is 4.79 Å². The Hall–Kier alpha value is -1.89. The van der Waals surface area contributed by atoms with Gasteiger partial charge in [-0.2, -0.15) is 0 Å². The van der Waals surface area contributed by atoms with E-state index >= 15 is 0 Å². The van der Waals surface area contributed by atoms with Crippen LogP contribution in [0.15, 0.2) is 29.7 Å². The van der Waals surface area contributed by atoms with Crippen LogP contribution in [0.2, 0.25) is 0 Å². The molecule has 2 aromatic heterocycles. The zero-order valence-corrected chi connectivity index (χ0v) is 15.8. The first-order valence-electron chi connectivity index (χ1n) is 8.78. The van der Waals surface area contributed by atoms with Crippen LogP contribution in [0.5, 0.6) is 0 Å². The molecule has 0 spiro atoms. The normalized spacial score (nSPS) is 23.4. The van der Waals surface area contributed by atoms with Gasteiger partial charge in [0, 0.05) is 31.0 Å². The lowest BCUT2D eigenvalue weighted by atomic mass is 9.78. The standard InChI is InChI=1S/C18H25N5OS/c1-12-5-4-6-15(13(12)2)20-16(24)11-25-18-22-21-17(23(18)3)14-7-9-19-10-8-14/h7-10,12-13,15H,4-6,11H2,1-3H3,(H,20,24)/t12-,13-,15+/m1/s1. The molecule has 1 fully saturated rings. The second kappa shape index (κ2) is 7.99. The van der Waals surface area contributed by atoms with Gasteiger partial charge in [-0.1, -0.05) is 38.5 Å². The molecular weight excluding hydrogens is 334 g/mol. The predicted octanol–water partition coefficient (Wildman–Crippen LogP) is 2.91. The molecule has 2 heterocycles. The van der Waals surface area contributed by atoms with Crippen molar-refractivity contribution in [3.8, 4) is 11.4 Å². The highest BCUT2D eigenvalue weighted by Gasteiger charge is 2.28. The van der Waals surface area contributed by atoms with Gasteiger partial charge in [-0.15, -0.1) is 10.2 Å². The van der Waals surface area contributed by atoms with Gasteiger partial charge < -0.3 is 9.88 Å². The van der Waals surface area contributed by atoms with Crippen molar-refractivity contribution in [2.75, 3.05) is 5.75 Å². The maximum absolute atomic E-state index is 12.3. The number of carbonyl (C=O) groups is 1. The number of nitrogens with one attached hydrogen (secondary N) is 1. The third-order valence-electron chi connectivity index (χ3n) is 5.16. The largest absolute Gasteiger partial charge is 0.352 e. The molecule has 134 valence electrons. The van der Waals surface area contributed by atoms with Crippen molar-refractivity contribution in [3.63, 3.8) is 0 Å². The summed E-state index contributed by atoms with van der Waals surface area (Å²) in [6.45, 7) is 4.52. The minimum Gasteiger partial charge on any atom is -0.352 e. The summed E-state index contributed by atoms with van der Waals surface area (Å²) in [4.78, 5) is 16.3. The highest BCUT2D eigenvalue weighted by atomic mass is 32.2. The Balaban J connectivity index is 1.57. The molecule has 6 nitrogen and oxygen atoms in total. The third kappa shape index (κ3) is 4.21. The van der Waals surface area contributed by atoms with Crippen molar-refractivity contribution in [2.45, 2.75) is 44.3 Å². The van der Waals surface area contributed by atoms with Gasteiger partial charge >= 0.3 is 0 Å². The Morgan fingerprint density at radius 2 is 2.04 bits per heavy atom. The Labute approximate surface area is 152 Å². The van der Waals surface area contributed by atoms with E-state index in [2.05, 4.69) is 34.3 Å². The lowest BCUT2D eigenvalue weighted by Crippen LogP contribution is -2.44. The lowest BCUT2D eigenvalue weighted by Gasteiger charge is -2.34. The Morgan fingerprint density at radius 3 is 2.80 bits per heavy atom. The summed E-state index contributed by atoms with van der Waals surface area (Å²) in [5.74, 6) is 2.42. The number of pyridine rings is 1. The molecule has 0 unspecified atom stereocenters. The summed E-state index contributed by atoms with van der Waals surface area (Å²) >= 11 is 1.42. The number of hydrogen-bond acceptors (Lipinski definition) is 5. The van der Waals surface area contributed by atoms with E-state index in [1.54, 1.807) is 12.4 Å². The summed E-state index contributed by atoms with van der Waals surface area (Å²) in [6.07, 6.45) is 7.01. The van der Waals surface area contributed by atoms with E-state index in [-0.39, 0.29) is 5.91 Å². The Bertz CT molecular complexity index is 718. The van der Waals surface area contributed by atoms with Crippen LogP contribution in [0.4, 0.5) is 0 Å². The molecule has 3 rings (SSSR count). The molecular formula is C18H25N5OS. The average molecular weight is 359 g/mol. The third-order valence-corrected chi connectivity index (χ3v) is 6.18. The number of hydrogen-bond donors (Lipinski definition) is 1. The number of thioether (sulfide) groups is 1. The fourth-order valence-corrected chi connectivity index (χ4v) is 4.08. The first-order chi connectivity index (χ1) is 12.1. The maximum Gasteiger partial charge on any atom is 0.230 e.